The summed E-state index contributed by atoms with van der Waals surface area (Å²) in [7, 11) is 0. The van der Waals surface area contributed by atoms with Crippen LogP contribution in [0.4, 0.5) is 0 Å². The van der Waals surface area contributed by atoms with E-state index >= 15 is 0 Å². The van der Waals surface area contributed by atoms with Crippen molar-refractivity contribution in [2.24, 2.45) is 5.73 Å². The summed E-state index contributed by atoms with van der Waals surface area (Å²) >= 11 is 0. The molecule has 0 aliphatic rings. The van der Waals surface area contributed by atoms with E-state index in [0.717, 1.165) is 12.2 Å². The van der Waals surface area contributed by atoms with Crippen LogP contribution in [0.15, 0.2) is 24.3 Å². The van der Waals surface area contributed by atoms with Gasteiger partial charge in [0, 0.05) is 12.5 Å². The highest BCUT2D eigenvalue weighted by Crippen LogP contribution is 2.13. The number of ether oxygens (including phenoxy) is 2. The van der Waals surface area contributed by atoms with Crippen LogP contribution in [0.1, 0.15) is 32.3 Å². The molecule has 1 aromatic carbocycles. The lowest BCUT2D eigenvalue weighted by atomic mass is 10.1. The number of hydrogen-bond acceptors (Lipinski definition) is 4. The van der Waals surface area contributed by atoms with Crippen LogP contribution in [0, 0.1) is 0 Å². The topological polar surface area (TPSA) is 61.5 Å². The number of rotatable bonds is 8. The van der Waals surface area contributed by atoms with Gasteiger partial charge in [0.15, 0.2) is 0 Å². The van der Waals surface area contributed by atoms with Gasteiger partial charge in [-0.25, -0.2) is 0 Å². The molecule has 1 unspecified atom stereocenters. The lowest BCUT2D eigenvalue weighted by molar-refractivity contribution is -0.143. The summed E-state index contributed by atoms with van der Waals surface area (Å²) in [5, 5.41) is 0. The normalized spacial score (nSPS) is 11.9. The fourth-order valence-electron chi connectivity index (χ4n) is 1.73. The molecular weight excluding hydrogens is 242 g/mol. The Morgan fingerprint density at radius 1 is 1.32 bits per heavy atom. The zero-order valence-corrected chi connectivity index (χ0v) is 11.7. The smallest absolute Gasteiger partial charge is 0.305 e. The van der Waals surface area contributed by atoms with Crippen LogP contribution in [-0.4, -0.2) is 25.2 Å². The minimum Gasteiger partial charge on any atom is -0.494 e. The van der Waals surface area contributed by atoms with E-state index in [1.54, 1.807) is 6.92 Å². The zero-order valence-electron chi connectivity index (χ0n) is 11.7. The zero-order chi connectivity index (χ0) is 14.1. The van der Waals surface area contributed by atoms with Crippen molar-refractivity contribution in [3.05, 3.63) is 29.8 Å². The number of benzene rings is 1. The molecule has 0 spiro atoms. The van der Waals surface area contributed by atoms with Crippen LogP contribution < -0.4 is 10.5 Å². The van der Waals surface area contributed by atoms with E-state index in [1.165, 1.54) is 5.56 Å². The van der Waals surface area contributed by atoms with Gasteiger partial charge in [0.25, 0.3) is 0 Å². The molecule has 0 bridgehead atoms. The second kappa shape index (κ2) is 8.53. The molecule has 1 rings (SSSR count). The summed E-state index contributed by atoms with van der Waals surface area (Å²) in [6.07, 6.45) is 1.93. The van der Waals surface area contributed by atoms with Gasteiger partial charge in [0.2, 0.25) is 0 Å². The molecule has 0 amide bonds. The fourth-order valence-corrected chi connectivity index (χ4v) is 1.73. The highest BCUT2D eigenvalue weighted by Gasteiger charge is 2.02. The molecule has 1 aromatic rings. The largest absolute Gasteiger partial charge is 0.494 e. The maximum atomic E-state index is 11.1. The van der Waals surface area contributed by atoms with E-state index in [2.05, 4.69) is 0 Å². The van der Waals surface area contributed by atoms with Gasteiger partial charge in [-0.05, 0) is 44.4 Å². The lowest BCUT2D eigenvalue weighted by Crippen LogP contribution is -2.17. The third-order valence-electron chi connectivity index (χ3n) is 2.58. The van der Waals surface area contributed by atoms with Gasteiger partial charge in [-0.2, -0.15) is 0 Å². The molecule has 0 aromatic heterocycles. The van der Waals surface area contributed by atoms with Crippen molar-refractivity contribution in [2.75, 3.05) is 13.2 Å². The second-order valence-electron chi connectivity index (χ2n) is 4.58. The molecule has 0 aliphatic heterocycles. The summed E-state index contributed by atoms with van der Waals surface area (Å²) in [4.78, 5) is 11.1. The van der Waals surface area contributed by atoms with E-state index < -0.39 is 0 Å². The van der Waals surface area contributed by atoms with Crippen molar-refractivity contribution >= 4 is 5.97 Å². The van der Waals surface area contributed by atoms with E-state index in [-0.39, 0.29) is 12.0 Å². The number of carbonyl (C=O) groups excluding carboxylic acids is 1. The first-order chi connectivity index (χ1) is 9.11. The molecule has 0 heterocycles. The van der Waals surface area contributed by atoms with Crippen LogP contribution in [0.25, 0.3) is 0 Å². The molecule has 4 nitrogen and oxygen atoms in total. The van der Waals surface area contributed by atoms with Gasteiger partial charge >= 0.3 is 5.97 Å². The first-order valence-corrected chi connectivity index (χ1v) is 6.74. The minimum atomic E-state index is -0.168. The Hall–Kier alpha value is -1.55. The van der Waals surface area contributed by atoms with Crippen molar-refractivity contribution in [3.63, 3.8) is 0 Å². The first kappa shape index (κ1) is 15.5. The number of esters is 1. The van der Waals surface area contributed by atoms with Crippen molar-refractivity contribution in [3.8, 4) is 5.75 Å². The third kappa shape index (κ3) is 6.82. The Labute approximate surface area is 114 Å². The van der Waals surface area contributed by atoms with Crippen molar-refractivity contribution in [1.29, 1.82) is 0 Å². The van der Waals surface area contributed by atoms with Gasteiger partial charge in [0.1, 0.15) is 5.75 Å². The molecule has 0 saturated carbocycles. The molecule has 0 fully saturated rings. The maximum absolute atomic E-state index is 11.1. The average molecular weight is 265 g/mol. The van der Waals surface area contributed by atoms with Crippen LogP contribution in [0.5, 0.6) is 5.75 Å². The molecule has 106 valence electrons. The Kier molecular flexibility index (Phi) is 6.97. The standard InChI is InChI=1S/C15H23NO3/c1-3-18-15(17)5-4-10-19-14-8-6-13(7-9-14)11-12(2)16/h6-9,12H,3-5,10-11,16H2,1-2H3. The van der Waals surface area contributed by atoms with E-state index in [0.29, 0.717) is 26.1 Å². The van der Waals surface area contributed by atoms with Crippen LogP contribution in [0.3, 0.4) is 0 Å². The highest BCUT2D eigenvalue weighted by atomic mass is 16.5. The van der Waals surface area contributed by atoms with Gasteiger partial charge in [-0.3, -0.25) is 4.79 Å². The summed E-state index contributed by atoms with van der Waals surface area (Å²) < 4.78 is 10.4. The number of carbonyl (C=O) groups is 1. The van der Waals surface area contributed by atoms with E-state index in [9.17, 15) is 4.79 Å². The Morgan fingerprint density at radius 2 is 2.00 bits per heavy atom. The van der Waals surface area contributed by atoms with E-state index in [4.69, 9.17) is 15.2 Å². The SMILES string of the molecule is CCOC(=O)CCCOc1ccc(CC(C)N)cc1. The monoisotopic (exact) mass is 265 g/mol. The highest BCUT2D eigenvalue weighted by molar-refractivity contribution is 5.69. The summed E-state index contributed by atoms with van der Waals surface area (Å²) in [6.45, 7) is 4.74. The summed E-state index contributed by atoms with van der Waals surface area (Å²) in [6, 6.07) is 8.06. The van der Waals surface area contributed by atoms with Gasteiger partial charge in [0.05, 0.1) is 13.2 Å². The fraction of sp³-hybridized carbons (Fsp3) is 0.533. The van der Waals surface area contributed by atoms with Crippen molar-refractivity contribution < 1.29 is 14.3 Å². The molecule has 19 heavy (non-hydrogen) atoms. The number of hydrogen-bond donors (Lipinski definition) is 1. The van der Waals surface area contributed by atoms with Crippen LogP contribution in [0.2, 0.25) is 0 Å². The lowest BCUT2D eigenvalue weighted by Gasteiger charge is -2.08. The van der Waals surface area contributed by atoms with Crippen molar-refractivity contribution in [2.45, 2.75) is 39.2 Å². The van der Waals surface area contributed by atoms with Gasteiger partial charge < -0.3 is 15.2 Å². The van der Waals surface area contributed by atoms with Crippen LogP contribution in [-0.2, 0) is 16.0 Å². The third-order valence-corrected chi connectivity index (χ3v) is 2.58. The maximum Gasteiger partial charge on any atom is 0.305 e. The van der Waals surface area contributed by atoms with Crippen LogP contribution >= 0.6 is 0 Å². The second-order valence-corrected chi connectivity index (χ2v) is 4.58. The Bertz CT molecular complexity index is 373. The minimum absolute atomic E-state index is 0.163. The molecule has 0 aliphatic carbocycles. The van der Waals surface area contributed by atoms with E-state index in [1.807, 2.05) is 31.2 Å². The Balaban J connectivity index is 2.24. The summed E-state index contributed by atoms with van der Waals surface area (Å²) in [5.74, 6) is 0.649. The molecule has 2 N–H and O–H groups in total. The predicted octanol–water partition coefficient (Wildman–Crippen LogP) is 2.30. The molecule has 0 radical (unpaired) electrons. The molecule has 4 heteroatoms. The quantitative estimate of drug-likeness (QED) is 0.578. The van der Waals surface area contributed by atoms with Crippen molar-refractivity contribution in [1.82, 2.24) is 0 Å². The average Bonchev–Trinajstić information content (AvgIpc) is 2.36. The van der Waals surface area contributed by atoms with Gasteiger partial charge in [-0.15, -0.1) is 0 Å². The predicted molar refractivity (Wildman–Crippen MR) is 75.2 cm³/mol. The molecule has 1 atom stereocenters. The van der Waals surface area contributed by atoms with Gasteiger partial charge in [-0.1, -0.05) is 12.1 Å². The Morgan fingerprint density at radius 3 is 2.58 bits per heavy atom. The molecular formula is C15H23NO3. The summed E-state index contributed by atoms with van der Waals surface area (Å²) in [5.41, 5.74) is 6.94. The number of nitrogens with two attached hydrogens (primary N) is 1. The first-order valence-electron chi connectivity index (χ1n) is 6.74. The molecule has 0 saturated heterocycles.